The van der Waals surface area contributed by atoms with E-state index in [2.05, 4.69) is 10.2 Å². The van der Waals surface area contributed by atoms with Crippen LogP contribution in [-0.2, 0) is 11.2 Å². The smallest absolute Gasteiger partial charge is 0.322 e. The van der Waals surface area contributed by atoms with E-state index in [4.69, 9.17) is 5.11 Å². The molecular weight excluding hydrogens is 244 g/mol. The maximum absolute atomic E-state index is 11.5. The molecule has 9 heteroatoms. The molecule has 9 nitrogen and oxygen atoms in total. The first-order chi connectivity index (χ1) is 8.47. The highest BCUT2D eigenvalue weighted by atomic mass is 16.6. The lowest BCUT2D eigenvalue weighted by Gasteiger charge is -1.98. The van der Waals surface area contributed by atoms with Crippen molar-refractivity contribution in [3.63, 3.8) is 0 Å². The molecule has 0 aromatic carbocycles. The highest BCUT2D eigenvalue weighted by molar-refractivity contribution is 5.97. The Hall–Kier alpha value is -2.45. The zero-order valence-electron chi connectivity index (χ0n) is 9.60. The molecule has 0 bridgehead atoms. The Morgan fingerprint density at radius 2 is 2.22 bits per heavy atom. The molecule has 0 atom stereocenters. The second kappa shape index (κ2) is 5.75. The molecule has 1 rings (SSSR count). The molecule has 0 aliphatic carbocycles. The normalized spacial score (nSPS) is 10.1. The number of carbonyl (C=O) groups excluding carboxylic acids is 1. The Kier molecular flexibility index (Phi) is 4.35. The number of carbonyl (C=O) groups is 2. The van der Waals surface area contributed by atoms with Gasteiger partial charge in [-0.05, 0) is 6.42 Å². The van der Waals surface area contributed by atoms with Crippen molar-refractivity contribution >= 4 is 17.6 Å². The molecule has 0 unspecified atom stereocenters. The third-order valence-electron chi connectivity index (χ3n) is 2.11. The van der Waals surface area contributed by atoms with Crippen LogP contribution in [0.1, 0.15) is 29.5 Å². The lowest BCUT2D eigenvalue weighted by Crippen LogP contribution is -2.30. The Morgan fingerprint density at radius 1 is 1.56 bits per heavy atom. The van der Waals surface area contributed by atoms with Crippen molar-refractivity contribution in [1.82, 2.24) is 15.5 Å². The number of hydrogen-bond donors (Lipinski definition) is 3. The predicted octanol–water partition coefficient (Wildman–Crippen LogP) is 0.0848. The molecule has 0 radical (unpaired) electrons. The van der Waals surface area contributed by atoms with Crippen molar-refractivity contribution in [2.24, 2.45) is 0 Å². The number of nitrogens with zero attached hydrogens (tertiary/aromatic N) is 2. The van der Waals surface area contributed by atoms with Gasteiger partial charge < -0.3 is 10.4 Å². The summed E-state index contributed by atoms with van der Waals surface area (Å²) in [7, 11) is 0. The van der Waals surface area contributed by atoms with E-state index < -0.39 is 34.7 Å². The molecule has 3 N–H and O–H groups in total. The van der Waals surface area contributed by atoms with E-state index in [1.807, 2.05) is 12.2 Å². The summed E-state index contributed by atoms with van der Waals surface area (Å²) < 4.78 is 0. The van der Waals surface area contributed by atoms with Gasteiger partial charge in [0.15, 0.2) is 0 Å². The quantitative estimate of drug-likeness (QED) is 0.486. The van der Waals surface area contributed by atoms with E-state index in [1.165, 1.54) is 0 Å². The second-order valence-electron chi connectivity index (χ2n) is 3.48. The summed E-state index contributed by atoms with van der Waals surface area (Å²) in [5.74, 6) is -2.13. The molecule has 1 heterocycles. The highest BCUT2D eigenvalue weighted by Crippen LogP contribution is 2.22. The van der Waals surface area contributed by atoms with E-state index in [1.54, 1.807) is 0 Å². The molecule has 18 heavy (non-hydrogen) atoms. The summed E-state index contributed by atoms with van der Waals surface area (Å²) in [6.45, 7) is 1.21. The molecule has 0 spiro atoms. The van der Waals surface area contributed by atoms with Crippen LogP contribution in [0.15, 0.2) is 0 Å². The van der Waals surface area contributed by atoms with Crippen molar-refractivity contribution in [3.05, 3.63) is 21.5 Å². The lowest BCUT2D eigenvalue weighted by molar-refractivity contribution is -0.385. The molecule has 1 aromatic heterocycles. The molecule has 0 saturated heterocycles. The summed E-state index contributed by atoms with van der Waals surface area (Å²) in [6, 6.07) is 0. The molecule has 0 saturated carbocycles. The predicted molar refractivity (Wildman–Crippen MR) is 59.2 cm³/mol. The largest absolute Gasteiger partial charge is 0.480 e. The molecular formula is C9H12N4O5. The minimum Gasteiger partial charge on any atom is -0.480 e. The number of aliphatic carboxylic acids is 1. The van der Waals surface area contributed by atoms with Crippen LogP contribution in [0.25, 0.3) is 0 Å². The minimum atomic E-state index is -1.24. The van der Waals surface area contributed by atoms with E-state index >= 15 is 0 Å². The molecule has 98 valence electrons. The summed E-state index contributed by atoms with van der Waals surface area (Å²) >= 11 is 0. The monoisotopic (exact) mass is 256 g/mol. The number of carboxylic acid groups (broad SMARTS) is 1. The van der Waals surface area contributed by atoms with Crippen LogP contribution in [-0.4, -0.2) is 38.6 Å². The van der Waals surface area contributed by atoms with E-state index in [-0.39, 0.29) is 5.69 Å². The van der Waals surface area contributed by atoms with Crippen molar-refractivity contribution in [3.8, 4) is 0 Å². The number of carboxylic acids is 1. The third-order valence-corrected chi connectivity index (χ3v) is 2.11. The summed E-state index contributed by atoms with van der Waals surface area (Å²) in [6.07, 6.45) is 1.04. The minimum absolute atomic E-state index is 0.253. The van der Waals surface area contributed by atoms with Gasteiger partial charge >= 0.3 is 11.7 Å². The van der Waals surface area contributed by atoms with E-state index in [0.29, 0.717) is 12.8 Å². The Morgan fingerprint density at radius 3 is 2.72 bits per heavy atom. The number of aromatic nitrogens is 2. The first kappa shape index (κ1) is 13.6. The maximum Gasteiger partial charge on any atom is 0.322 e. The Balaban J connectivity index is 2.97. The van der Waals surface area contributed by atoms with Crippen LogP contribution in [0.2, 0.25) is 0 Å². The Bertz CT molecular complexity index is 481. The second-order valence-corrected chi connectivity index (χ2v) is 3.48. The van der Waals surface area contributed by atoms with Crippen LogP contribution < -0.4 is 5.32 Å². The lowest BCUT2D eigenvalue weighted by atomic mass is 10.2. The standard InChI is InChI=1S/C9H12N4O5/c1-2-3-5-8(13(17)18)7(12-11-5)9(16)10-4-6(14)15/h2-4H2,1H3,(H,10,16)(H,11,12)(H,14,15). The number of aryl methyl sites for hydroxylation is 1. The summed E-state index contributed by atoms with van der Waals surface area (Å²) in [5.41, 5.74) is -0.549. The fourth-order valence-electron chi connectivity index (χ4n) is 1.39. The van der Waals surface area contributed by atoms with Gasteiger partial charge in [-0.25, -0.2) is 0 Å². The van der Waals surface area contributed by atoms with Gasteiger partial charge in [-0.15, -0.1) is 0 Å². The van der Waals surface area contributed by atoms with Crippen molar-refractivity contribution in [1.29, 1.82) is 0 Å². The Labute approximate surface area is 101 Å². The average molecular weight is 256 g/mol. The van der Waals surface area contributed by atoms with Crippen LogP contribution in [0.4, 0.5) is 5.69 Å². The molecule has 0 aliphatic heterocycles. The van der Waals surface area contributed by atoms with Crippen LogP contribution in [0, 0.1) is 10.1 Å². The highest BCUT2D eigenvalue weighted by Gasteiger charge is 2.28. The zero-order chi connectivity index (χ0) is 13.7. The van der Waals surface area contributed by atoms with Gasteiger partial charge in [0.1, 0.15) is 12.2 Å². The molecule has 1 amide bonds. The number of H-pyrrole nitrogens is 1. The van der Waals surface area contributed by atoms with E-state index in [0.717, 1.165) is 0 Å². The van der Waals surface area contributed by atoms with Gasteiger partial charge in [-0.1, -0.05) is 13.3 Å². The fraction of sp³-hybridized carbons (Fsp3) is 0.444. The SMILES string of the molecule is CCCc1[nH]nc(C(=O)NCC(=O)O)c1[N+](=O)[O-]. The topological polar surface area (TPSA) is 138 Å². The first-order valence-electron chi connectivity index (χ1n) is 5.19. The van der Waals surface area contributed by atoms with Gasteiger partial charge in [0, 0.05) is 0 Å². The van der Waals surface area contributed by atoms with Gasteiger partial charge in [0.2, 0.25) is 5.69 Å². The number of amides is 1. The molecule has 0 fully saturated rings. The van der Waals surface area contributed by atoms with E-state index in [9.17, 15) is 19.7 Å². The van der Waals surface area contributed by atoms with Crippen molar-refractivity contribution in [2.75, 3.05) is 6.54 Å². The fourth-order valence-corrected chi connectivity index (χ4v) is 1.39. The van der Waals surface area contributed by atoms with Gasteiger partial charge in [-0.3, -0.25) is 24.8 Å². The van der Waals surface area contributed by atoms with Crippen LogP contribution >= 0.6 is 0 Å². The number of nitrogens with one attached hydrogen (secondary N) is 2. The number of rotatable bonds is 6. The summed E-state index contributed by atoms with van der Waals surface area (Å²) in [4.78, 5) is 32.0. The maximum atomic E-state index is 11.5. The third kappa shape index (κ3) is 3.03. The van der Waals surface area contributed by atoms with Crippen LogP contribution in [0.5, 0.6) is 0 Å². The number of aromatic amines is 1. The first-order valence-corrected chi connectivity index (χ1v) is 5.19. The number of hydrogen-bond acceptors (Lipinski definition) is 5. The molecule has 1 aromatic rings. The van der Waals surface area contributed by atoms with Crippen LogP contribution in [0.3, 0.4) is 0 Å². The zero-order valence-corrected chi connectivity index (χ0v) is 9.60. The van der Waals surface area contributed by atoms with Gasteiger partial charge in [0.05, 0.1) is 4.92 Å². The van der Waals surface area contributed by atoms with Gasteiger partial charge in [0.25, 0.3) is 5.91 Å². The van der Waals surface area contributed by atoms with Crippen molar-refractivity contribution < 1.29 is 19.6 Å². The average Bonchev–Trinajstić information content (AvgIpc) is 2.70. The molecule has 0 aliphatic rings. The summed E-state index contributed by atoms with van der Waals surface area (Å²) in [5, 5.41) is 27.3. The van der Waals surface area contributed by atoms with Gasteiger partial charge in [-0.2, -0.15) is 5.10 Å². The van der Waals surface area contributed by atoms with Crippen molar-refractivity contribution in [2.45, 2.75) is 19.8 Å². The number of nitro groups is 1.